The molecule has 1 fully saturated rings. The topological polar surface area (TPSA) is 151 Å². The van der Waals surface area contributed by atoms with E-state index in [4.69, 9.17) is 14.5 Å². The number of hydrogen-bond donors (Lipinski definition) is 4. The molecule has 1 aromatic rings. The van der Waals surface area contributed by atoms with E-state index in [0.29, 0.717) is 6.20 Å². The second-order valence-electron chi connectivity index (χ2n) is 4.36. The number of aliphatic hydroxyl groups is 1. The highest BCUT2D eigenvalue weighted by Gasteiger charge is 2.37. The first kappa shape index (κ1) is 16.0. The lowest BCUT2D eigenvalue weighted by molar-refractivity contribution is -0.0453. The van der Waals surface area contributed by atoms with E-state index in [1.807, 2.05) is 0 Å². The minimum atomic E-state index is -4.73. The fourth-order valence-electron chi connectivity index (χ4n) is 1.88. The van der Waals surface area contributed by atoms with Crippen LogP contribution in [-0.4, -0.2) is 43.3 Å². The summed E-state index contributed by atoms with van der Waals surface area (Å²) in [4.78, 5) is 41.3. The highest BCUT2D eigenvalue weighted by molar-refractivity contribution is 7.46. The van der Waals surface area contributed by atoms with E-state index in [-0.39, 0.29) is 6.42 Å². The van der Waals surface area contributed by atoms with Crippen LogP contribution >= 0.6 is 7.82 Å². The predicted molar refractivity (Wildman–Crippen MR) is 63.8 cm³/mol. The molecule has 10 nitrogen and oxygen atoms in total. The number of phosphoric acid groups is 1. The van der Waals surface area contributed by atoms with E-state index >= 15 is 0 Å². The number of H-pyrrole nitrogens is 1. The first-order valence-electron chi connectivity index (χ1n) is 5.72. The van der Waals surface area contributed by atoms with Gasteiger partial charge in [0, 0.05) is 6.42 Å². The maximum Gasteiger partial charge on any atom is 0.469 e. The van der Waals surface area contributed by atoms with E-state index < -0.39 is 49.9 Å². The van der Waals surface area contributed by atoms with E-state index in [2.05, 4.69) is 4.52 Å². The number of nitrogens with zero attached hydrogens (tertiary/aromatic N) is 1. The average molecular weight is 326 g/mol. The van der Waals surface area contributed by atoms with Gasteiger partial charge in [0.2, 0.25) is 5.82 Å². The third-order valence-corrected chi connectivity index (χ3v) is 3.33. The molecule has 3 atom stereocenters. The van der Waals surface area contributed by atoms with Gasteiger partial charge in [-0.05, 0) is 0 Å². The Bertz CT molecular complexity index is 681. The first-order chi connectivity index (χ1) is 9.67. The third-order valence-electron chi connectivity index (χ3n) is 2.85. The van der Waals surface area contributed by atoms with Crippen LogP contribution in [0.3, 0.4) is 0 Å². The van der Waals surface area contributed by atoms with Crippen LogP contribution in [0.2, 0.25) is 0 Å². The Morgan fingerprint density at radius 3 is 2.81 bits per heavy atom. The fraction of sp³-hybridized carbons (Fsp3) is 0.556. The molecule has 118 valence electrons. The van der Waals surface area contributed by atoms with Crippen LogP contribution in [0.15, 0.2) is 15.8 Å². The highest BCUT2D eigenvalue weighted by atomic mass is 31.2. The number of nitrogens with one attached hydrogen (secondary N) is 1. The van der Waals surface area contributed by atoms with Crippen molar-refractivity contribution in [2.24, 2.45) is 0 Å². The molecule has 0 radical (unpaired) electrons. The van der Waals surface area contributed by atoms with Crippen molar-refractivity contribution in [1.82, 2.24) is 9.55 Å². The molecule has 0 saturated carbocycles. The Kier molecular flexibility index (Phi) is 4.42. The summed E-state index contributed by atoms with van der Waals surface area (Å²) in [5, 5.41) is 9.69. The molecule has 0 aromatic carbocycles. The standard InChI is InChI=1S/C9H12FN2O8P/c10-4-2-12(9(15)11-8(4)14)7-1-5(13)6(20-7)3-19-21(16,17)18/h2,5-7,13H,1,3H2,(H,11,14,15)(H2,16,17,18). The molecular formula is C9H12FN2O8P. The number of aliphatic hydroxyl groups excluding tert-OH is 1. The molecule has 12 heteroatoms. The van der Waals surface area contributed by atoms with Crippen LogP contribution in [0.4, 0.5) is 4.39 Å². The van der Waals surface area contributed by atoms with Gasteiger partial charge in [-0.1, -0.05) is 0 Å². The quantitative estimate of drug-likeness (QED) is 0.485. The van der Waals surface area contributed by atoms with Crippen molar-refractivity contribution in [3.63, 3.8) is 0 Å². The van der Waals surface area contributed by atoms with E-state index in [9.17, 15) is 23.7 Å². The van der Waals surface area contributed by atoms with Crippen molar-refractivity contribution in [2.75, 3.05) is 6.61 Å². The van der Waals surface area contributed by atoms with Gasteiger partial charge in [-0.25, -0.2) is 9.36 Å². The first-order valence-corrected chi connectivity index (χ1v) is 7.25. The van der Waals surface area contributed by atoms with Gasteiger partial charge in [0.15, 0.2) is 0 Å². The predicted octanol–water partition coefficient (Wildman–Crippen LogP) is -1.57. The Morgan fingerprint density at radius 2 is 2.19 bits per heavy atom. The van der Waals surface area contributed by atoms with Crippen LogP contribution < -0.4 is 11.2 Å². The Hall–Kier alpha value is -1.36. The van der Waals surface area contributed by atoms with Crippen LogP contribution in [0.5, 0.6) is 0 Å². The minimum Gasteiger partial charge on any atom is -0.390 e. The van der Waals surface area contributed by atoms with E-state index in [1.165, 1.54) is 0 Å². The summed E-state index contributed by atoms with van der Waals surface area (Å²) in [6, 6.07) is 0. The molecule has 1 aliphatic rings. The van der Waals surface area contributed by atoms with E-state index in [1.54, 1.807) is 4.98 Å². The number of rotatable bonds is 4. The van der Waals surface area contributed by atoms with Crippen LogP contribution in [0.25, 0.3) is 0 Å². The summed E-state index contributed by atoms with van der Waals surface area (Å²) < 4.78 is 33.9. The summed E-state index contributed by atoms with van der Waals surface area (Å²) in [6.45, 7) is -0.609. The highest BCUT2D eigenvalue weighted by Crippen LogP contribution is 2.38. The molecule has 1 aromatic heterocycles. The number of aromatic amines is 1. The molecule has 21 heavy (non-hydrogen) atoms. The van der Waals surface area contributed by atoms with Crippen molar-refractivity contribution < 1.29 is 33.1 Å². The van der Waals surface area contributed by atoms with Gasteiger partial charge >= 0.3 is 13.5 Å². The zero-order chi connectivity index (χ0) is 15.8. The Balaban J connectivity index is 2.14. The van der Waals surface area contributed by atoms with Gasteiger partial charge in [-0.15, -0.1) is 0 Å². The lowest BCUT2D eigenvalue weighted by Crippen LogP contribution is -2.34. The van der Waals surface area contributed by atoms with Crippen molar-refractivity contribution in [2.45, 2.75) is 24.9 Å². The number of halogens is 1. The molecule has 1 saturated heterocycles. The maximum absolute atomic E-state index is 13.2. The van der Waals surface area contributed by atoms with Crippen LogP contribution in [0, 0.1) is 5.82 Å². The minimum absolute atomic E-state index is 0.138. The number of hydrogen-bond acceptors (Lipinski definition) is 6. The van der Waals surface area contributed by atoms with Crippen molar-refractivity contribution >= 4 is 7.82 Å². The monoisotopic (exact) mass is 326 g/mol. The molecule has 2 rings (SSSR count). The zero-order valence-electron chi connectivity index (χ0n) is 10.4. The molecule has 2 heterocycles. The van der Waals surface area contributed by atoms with Gasteiger partial charge in [-0.3, -0.25) is 18.9 Å². The summed E-state index contributed by atoms with van der Waals surface area (Å²) in [7, 11) is -4.73. The van der Waals surface area contributed by atoms with Gasteiger partial charge in [0.05, 0.1) is 18.9 Å². The second-order valence-corrected chi connectivity index (χ2v) is 5.60. The summed E-state index contributed by atoms with van der Waals surface area (Å²) in [5.74, 6) is -1.21. The van der Waals surface area contributed by atoms with Crippen molar-refractivity contribution in [1.29, 1.82) is 0 Å². The molecule has 0 aliphatic carbocycles. The maximum atomic E-state index is 13.2. The molecule has 3 unspecified atom stereocenters. The van der Waals surface area contributed by atoms with E-state index in [0.717, 1.165) is 4.57 Å². The number of ether oxygens (including phenoxy) is 1. The van der Waals surface area contributed by atoms with Crippen molar-refractivity contribution in [3.05, 3.63) is 32.9 Å². The lowest BCUT2D eigenvalue weighted by Gasteiger charge is -2.16. The SMILES string of the molecule is O=c1[nH]c(=O)n(C2CC(O)C(COP(=O)(O)O)O2)cc1F. The summed E-state index contributed by atoms with van der Waals surface area (Å²) >= 11 is 0. The second kappa shape index (κ2) is 5.79. The smallest absolute Gasteiger partial charge is 0.390 e. The average Bonchev–Trinajstić information content (AvgIpc) is 2.72. The molecule has 4 N–H and O–H groups in total. The molecule has 1 aliphatic heterocycles. The Labute approximate surface area is 116 Å². The summed E-state index contributed by atoms with van der Waals surface area (Å²) in [5.41, 5.74) is -2.12. The van der Waals surface area contributed by atoms with Gasteiger partial charge < -0.3 is 19.6 Å². The van der Waals surface area contributed by atoms with Crippen LogP contribution in [-0.2, 0) is 13.8 Å². The van der Waals surface area contributed by atoms with Gasteiger partial charge in [-0.2, -0.15) is 4.39 Å². The largest absolute Gasteiger partial charge is 0.469 e. The van der Waals surface area contributed by atoms with Crippen molar-refractivity contribution in [3.8, 4) is 0 Å². The fourth-order valence-corrected chi connectivity index (χ4v) is 2.22. The molecule has 0 bridgehead atoms. The Morgan fingerprint density at radius 1 is 1.52 bits per heavy atom. The normalized spacial score (nSPS) is 26.2. The lowest BCUT2D eigenvalue weighted by atomic mass is 10.2. The molecule has 0 spiro atoms. The third kappa shape index (κ3) is 3.84. The van der Waals surface area contributed by atoms with Crippen LogP contribution in [0.1, 0.15) is 12.6 Å². The van der Waals surface area contributed by atoms with Gasteiger partial charge in [0.1, 0.15) is 12.3 Å². The molecular weight excluding hydrogens is 314 g/mol. The zero-order valence-corrected chi connectivity index (χ0v) is 11.3. The molecule has 0 amide bonds. The number of aromatic nitrogens is 2. The van der Waals surface area contributed by atoms with Gasteiger partial charge in [0.25, 0.3) is 5.56 Å². The summed E-state index contributed by atoms with van der Waals surface area (Å²) in [6.07, 6.45) is -2.89. The number of phosphoric ester groups is 1.